The van der Waals surface area contributed by atoms with E-state index in [-0.39, 0.29) is 11.4 Å². The zero-order valence-electron chi connectivity index (χ0n) is 18.0. The summed E-state index contributed by atoms with van der Waals surface area (Å²) in [6, 6.07) is 11.3. The van der Waals surface area contributed by atoms with Gasteiger partial charge >= 0.3 is 0 Å². The molecule has 0 spiro atoms. The third-order valence-electron chi connectivity index (χ3n) is 5.33. The van der Waals surface area contributed by atoms with Crippen molar-refractivity contribution in [3.63, 3.8) is 0 Å². The maximum absolute atomic E-state index is 13.1. The van der Waals surface area contributed by atoms with Gasteiger partial charge in [-0.05, 0) is 61.7 Å². The van der Waals surface area contributed by atoms with E-state index < -0.39 is 22.0 Å². The van der Waals surface area contributed by atoms with Gasteiger partial charge in [-0.2, -0.15) is 0 Å². The Labute approximate surface area is 189 Å². The highest BCUT2D eigenvalue weighted by Crippen LogP contribution is 2.32. The van der Waals surface area contributed by atoms with Crippen LogP contribution in [-0.2, 0) is 14.8 Å². The molecule has 3 rings (SSSR count). The zero-order chi connectivity index (χ0) is 22.6. The quantitative estimate of drug-likeness (QED) is 0.634. The number of nitrogens with one attached hydrogen (secondary N) is 1. The summed E-state index contributed by atoms with van der Waals surface area (Å²) in [5.41, 5.74) is 2.04. The SMILES string of the molecule is CC[C@H](C(=O)Nc1ccc(N2CCCC2)cc1)N(c1ccc(OC)c(Cl)c1)S(C)(=O)=O. The fraction of sp³-hybridized carbons (Fsp3) is 0.409. The van der Waals surface area contributed by atoms with Crippen LogP contribution in [0.2, 0.25) is 5.02 Å². The summed E-state index contributed by atoms with van der Waals surface area (Å²) in [6.45, 7) is 3.85. The number of methoxy groups -OCH3 is 1. The third kappa shape index (κ3) is 5.43. The Balaban J connectivity index is 1.83. The molecule has 2 aromatic rings. The molecule has 0 unspecified atom stereocenters. The van der Waals surface area contributed by atoms with Gasteiger partial charge in [-0.15, -0.1) is 0 Å². The first-order valence-corrected chi connectivity index (χ1v) is 12.5. The molecule has 1 amide bonds. The van der Waals surface area contributed by atoms with Crippen molar-refractivity contribution >= 4 is 44.6 Å². The standard InChI is InChI=1S/C22H28ClN3O4S/c1-4-20(26(31(3,28)29)18-11-12-21(30-2)19(23)15-18)22(27)24-16-7-9-17(10-8-16)25-13-5-6-14-25/h7-12,15,20H,4-6,13-14H2,1-3H3,(H,24,27)/t20-/m1/s1. The largest absolute Gasteiger partial charge is 0.495 e. The number of ether oxygens (including phenoxy) is 1. The molecule has 2 aromatic carbocycles. The fourth-order valence-electron chi connectivity index (χ4n) is 3.81. The van der Waals surface area contributed by atoms with Crippen LogP contribution in [0, 0.1) is 0 Å². The number of hydrogen-bond acceptors (Lipinski definition) is 5. The molecule has 1 atom stereocenters. The van der Waals surface area contributed by atoms with Crippen molar-refractivity contribution in [1.29, 1.82) is 0 Å². The smallest absolute Gasteiger partial charge is 0.248 e. The average Bonchev–Trinajstić information content (AvgIpc) is 3.26. The van der Waals surface area contributed by atoms with Gasteiger partial charge in [0.15, 0.2) is 0 Å². The summed E-state index contributed by atoms with van der Waals surface area (Å²) in [5.74, 6) is 0.0169. The molecule has 7 nitrogen and oxygen atoms in total. The Morgan fingerprint density at radius 3 is 2.35 bits per heavy atom. The van der Waals surface area contributed by atoms with Crippen molar-refractivity contribution in [2.75, 3.05) is 41.0 Å². The van der Waals surface area contributed by atoms with E-state index in [1.165, 1.54) is 26.0 Å². The van der Waals surface area contributed by atoms with Crippen LogP contribution in [0.3, 0.4) is 0 Å². The maximum Gasteiger partial charge on any atom is 0.248 e. The molecule has 1 aliphatic heterocycles. The van der Waals surface area contributed by atoms with E-state index in [4.69, 9.17) is 16.3 Å². The minimum atomic E-state index is -3.75. The number of sulfonamides is 1. The molecule has 0 aliphatic carbocycles. The normalized spacial score (nSPS) is 14.9. The Hall–Kier alpha value is -2.45. The van der Waals surface area contributed by atoms with Crippen molar-refractivity contribution in [2.45, 2.75) is 32.2 Å². The summed E-state index contributed by atoms with van der Waals surface area (Å²) >= 11 is 6.20. The van der Waals surface area contributed by atoms with Gasteiger partial charge < -0.3 is 15.0 Å². The van der Waals surface area contributed by atoms with Gasteiger partial charge in [-0.25, -0.2) is 8.42 Å². The predicted octanol–water partition coefficient (Wildman–Crippen LogP) is 4.13. The highest BCUT2D eigenvalue weighted by Gasteiger charge is 2.32. The van der Waals surface area contributed by atoms with Crippen molar-refractivity contribution in [3.8, 4) is 5.75 Å². The van der Waals surface area contributed by atoms with E-state index in [9.17, 15) is 13.2 Å². The maximum atomic E-state index is 13.1. The number of amides is 1. The Kier molecular flexibility index (Phi) is 7.33. The molecule has 0 saturated carbocycles. The predicted molar refractivity (Wildman–Crippen MR) is 126 cm³/mol. The molecule has 1 heterocycles. The number of carbonyl (C=O) groups is 1. The first-order valence-electron chi connectivity index (χ1n) is 10.2. The molecular weight excluding hydrogens is 438 g/mol. The van der Waals surface area contributed by atoms with Crippen LogP contribution in [-0.4, -0.2) is 46.8 Å². The van der Waals surface area contributed by atoms with Crippen LogP contribution in [0.5, 0.6) is 5.75 Å². The second-order valence-electron chi connectivity index (χ2n) is 7.53. The lowest BCUT2D eigenvalue weighted by molar-refractivity contribution is -0.117. The number of anilines is 3. The average molecular weight is 466 g/mol. The number of benzene rings is 2. The summed E-state index contributed by atoms with van der Waals surface area (Å²) in [7, 11) is -2.28. The van der Waals surface area contributed by atoms with Crippen LogP contribution in [0.15, 0.2) is 42.5 Å². The van der Waals surface area contributed by atoms with Crippen LogP contribution in [0.4, 0.5) is 17.1 Å². The van der Waals surface area contributed by atoms with Gasteiger partial charge in [-0.1, -0.05) is 18.5 Å². The van der Waals surface area contributed by atoms with Gasteiger partial charge in [-0.3, -0.25) is 9.10 Å². The Bertz CT molecular complexity index is 1020. The van der Waals surface area contributed by atoms with E-state index in [0.29, 0.717) is 17.1 Å². The summed E-state index contributed by atoms with van der Waals surface area (Å²) in [5, 5.41) is 3.11. The molecule has 168 valence electrons. The third-order valence-corrected chi connectivity index (χ3v) is 6.80. The second-order valence-corrected chi connectivity index (χ2v) is 9.80. The minimum absolute atomic E-state index is 0.265. The monoisotopic (exact) mass is 465 g/mol. The number of halogens is 1. The summed E-state index contributed by atoms with van der Waals surface area (Å²) in [6.07, 6.45) is 3.74. The van der Waals surface area contributed by atoms with E-state index in [2.05, 4.69) is 10.2 Å². The topological polar surface area (TPSA) is 79.0 Å². The van der Waals surface area contributed by atoms with Crippen molar-refractivity contribution in [1.82, 2.24) is 0 Å². The Morgan fingerprint density at radius 1 is 1.19 bits per heavy atom. The van der Waals surface area contributed by atoms with Crippen molar-refractivity contribution in [2.24, 2.45) is 0 Å². The number of carbonyl (C=O) groups excluding carboxylic acids is 1. The number of nitrogens with zero attached hydrogens (tertiary/aromatic N) is 2. The molecule has 0 aromatic heterocycles. The Morgan fingerprint density at radius 2 is 1.84 bits per heavy atom. The van der Waals surface area contributed by atoms with Gasteiger partial charge in [0.1, 0.15) is 11.8 Å². The molecule has 1 saturated heterocycles. The molecule has 1 fully saturated rings. The number of hydrogen-bond donors (Lipinski definition) is 1. The first kappa shape index (κ1) is 23.2. The summed E-state index contributed by atoms with van der Waals surface area (Å²) in [4.78, 5) is 15.4. The lowest BCUT2D eigenvalue weighted by Crippen LogP contribution is -2.47. The van der Waals surface area contributed by atoms with Crippen molar-refractivity contribution in [3.05, 3.63) is 47.5 Å². The van der Waals surface area contributed by atoms with E-state index >= 15 is 0 Å². The minimum Gasteiger partial charge on any atom is -0.495 e. The van der Waals surface area contributed by atoms with Crippen LogP contribution < -0.4 is 19.3 Å². The molecular formula is C22H28ClN3O4S. The molecule has 31 heavy (non-hydrogen) atoms. The van der Waals surface area contributed by atoms with Gasteiger partial charge in [0, 0.05) is 24.5 Å². The van der Waals surface area contributed by atoms with Gasteiger partial charge in [0.2, 0.25) is 15.9 Å². The fourth-order valence-corrected chi connectivity index (χ4v) is 5.26. The van der Waals surface area contributed by atoms with Gasteiger partial charge in [0.05, 0.1) is 24.1 Å². The molecule has 0 radical (unpaired) electrons. The van der Waals surface area contributed by atoms with Crippen molar-refractivity contribution < 1.29 is 17.9 Å². The highest BCUT2D eigenvalue weighted by atomic mass is 35.5. The van der Waals surface area contributed by atoms with E-state index in [1.54, 1.807) is 19.1 Å². The van der Waals surface area contributed by atoms with Crippen LogP contribution in [0.25, 0.3) is 0 Å². The second kappa shape index (κ2) is 9.78. The zero-order valence-corrected chi connectivity index (χ0v) is 19.5. The van der Waals surface area contributed by atoms with Crippen LogP contribution in [0.1, 0.15) is 26.2 Å². The van der Waals surface area contributed by atoms with E-state index in [0.717, 1.165) is 29.3 Å². The van der Waals surface area contributed by atoms with Gasteiger partial charge in [0.25, 0.3) is 0 Å². The molecule has 1 aliphatic rings. The summed E-state index contributed by atoms with van der Waals surface area (Å²) < 4.78 is 31.5. The first-order chi connectivity index (χ1) is 14.7. The lowest BCUT2D eigenvalue weighted by Gasteiger charge is -2.30. The molecule has 1 N–H and O–H groups in total. The van der Waals surface area contributed by atoms with Crippen LogP contribution >= 0.6 is 11.6 Å². The lowest BCUT2D eigenvalue weighted by atomic mass is 10.1. The number of rotatable bonds is 8. The molecule has 0 bridgehead atoms. The highest BCUT2D eigenvalue weighted by molar-refractivity contribution is 7.92. The van der Waals surface area contributed by atoms with E-state index in [1.807, 2.05) is 24.3 Å². The molecule has 9 heteroatoms.